The largest absolute Gasteiger partial charge is 0.496 e. The first-order valence-electron chi connectivity index (χ1n) is 9.17. The Kier molecular flexibility index (Phi) is 4.75. The molecule has 1 saturated carbocycles. The molecular weight excluding hydrogens is 328 g/mol. The lowest BCUT2D eigenvalue weighted by Crippen LogP contribution is -2.23. The third kappa shape index (κ3) is 3.12. The molecule has 0 saturated heterocycles. The minimum atomic E-state index is -0.0721. The number of aliphatic hydroxyl groups is 1. The summed E-state index contributed by atoms with van der Waals surface area (Å²) in [6, 6.07) is 6.28. The van der Waals surface area contributed by atoms with Crippen LogP contribution in [0.5, 0.6) is 5.75 Å². The van der Waals surface area contributed by atoms with Gasteiger partial charge in [0.1, 0.15) is 17.3 Å². The van der Waals surface area contributed by atoms with E-state index in [0.29, 0.717) is 11.8 Å². The second-order valence-corrected chi connectivity index (χ2v) is 6.78. The third-order valence-electron chi connectivity index (χ3n) is 5.10. The third-order valence-corrected chi connectivity index (χ3v) is 5.10. The maximum atomic E-state index is 9.66. The molecule has 0 radical (unpaired) electrons. The van der Waals surface area contributed by atoms with E-state index in [1.807, 2.05) is 24.4 Å². The number of hydrogen-bond donors (Lipinski definition) is 2. The summed E-state index contributed by atoms with van der Waals surface area (Å²) in [4.78, 5) is 8.99. The van der Waals surface area contributed by atoms with Crippen LogP contribution in [0.4, 0.5) is 5.82 Å². The Morgan fingerprint density at radius 2 is 2.12 bits per heavy atom. The summed E-state index contributed by atoms with van der Waals surface area (Å²) < 4.78 is 7.38. The fraction of sp³-hybridized carbons (Fsp3) is 0.400. The number of hydrogen-bond acceptors (Lipinski definition) is 5. The summed E-state index contributed by atoms with van der Waals surface area (Å²) >= 11 is 0. The molecule has 6 nitrogen and oxygen atoms in total. The van der Waals surface area contributed by atoms with Crippen molar-refractivity contribution in [2.75, 3.05) is 12.4 Å². The van der Waals surface area contributed by atoms with Crippen molar-refractivity contribution in [3.63, 3.8) is 0 Å². The smallest absolute Gasteiger partial charge is 0.157 e. The quantitative estimate of drug-likeness (QED) is 0.733. The number of nitrogens with zero attached hydrogens (tertiary/aromatic N) is 3. The van der Waals surface area contributed by atoms with Crippen molar-refractivity contribution in [3.8, 4) is 17.0 Å². The Morgan fingerprint density at radius 1 is 1.27 bits per heavy atom. The molecule has 1 aliphatic rings. The van der Waals surface area contributed by atoms with Gasteiger partial charge in [0.2, 0.25) is 0 Å². The maximum absolute atomic E-state index is 9.66. The fourth-order valence-electron chi connectivity index (χ4n) is 3.74. The number of ether oxygens (including phenoxy) is 1. The maximum Gasteiger partial charge on any atom is 0.157 e. The lowest BCUT2D eigenvalue weighted by molar-refractivity contribution is 0.274. The van der Waals surface area contributed by atoms with E-state index in [-0.39, 0.29) is 6.61 Å². The van der Waals surface area contributed by atoms with E-state index in [9.17, 15) is 5.11 Å². The second kappa shape index (κ2) is 7.33. The number of benzene rings is 1. The zero-order valence-corrected chi connectivity index (χ0v) is 15.0. The minimum absolute atomic E-state index is 0.0721. The van der Waals surface area contributed by atoms with Gasteiger partial charge in [0.05, 0.1) is 19.9 Å². The predicted molar refractivity (Wildman–Crippen MR) is 101 cm³/mol. The fourth-order valence-corrected chi connectivity index (χ4v) is 3.74. The molecule has 0 atom stereocenters. The average molecular weight is 352 g/mol. The summed E-state index contributed by atoms with van der Waals surface area (Å²) in [5, 5.41) is 13.4. The van der Waals surface area contributed by atoms with E-state index in [2.05, 4.69) is 14.7 Å². The molecule has 2 aromatic heterocycles. The monoisotopic (exact) mass is 352 g/mol. The van der Waals surface area contributed by atoms with E-state index < -0.39 is 0 Å². The van der Waals surface area contributed by atoms with Crippen molar-refractivity contribution < 1.29 is 9.84 Å². The molecule has 1 aliphatic carbocycles. The van der Waals surface area contributed by atoms with Crippen LogP contribution in [-0.4, -0.2) is 32.6 Å². The Labute approximate surface area is 152 Å². The number of nitrogens with one attached hydrogen (secondary N) is 1. The van der Waals surface area contributed by atoms with Crippen molar-refractivity contribution in [2.24, 2.45) is 0 Å². The molecule has 136 valence electrons. The van der Waals surface area contributed by atoms with Crippen LogP contribution in [0.2, 0.25) is 0 Å². The van der Waals surface area contributed by atoms with Gasteiger partial charge in [-0.05, 0) is 31.0 Å². The van der Waals surface area contributed by atoms with Crippen molar-refractivity contribution in [3.05, 3.63) is 42.4 Å². The average Bonchev–Trinajstić information content (AvgIpc) is 3.07. The van der Waals surface area contributed by atoms with Crippen LogP contribution in [0.1, 0.15) is 37.7 Å². The summed E-state index contributed by atoms with van der Waals surface area (Å²) in [5.41, 5.74) is 3.39. The Bertz CT molecular complexity index is 900. The first-order chi connectivity index (χ1) is 12.8. The van der Waals surface area contributed by atoms with Crippen LogP contribution in [-0.2, 0) is 6.61 Å². The number of anilines is 1. The van der Waals surface area contributed by atoms with Crippen LogP contribution < -0.4 is 10.1 Å². The summed E-state index contributed by atoms with van der Waals surface area (Å²) in [7, 11) is 1.61. The molecule has 4 rings (SSSR count). The molecule has 0 spiro atoms. The van der Waals surface area contributed by atoms with Gasteiger partial charge in [-0.3, -0.25) is 9.38 Å². The number of imidazole rings is 1. The number of aliphatic hydroxyl groups excluding tert-OH is 1. The molecule has 1 aromatic carbocycles. The summed E-state index contributed by atoms with van der Waals surface area (Å²) in [6.07, 6.45) is 11.7. The molecule has 0 unspecified atom stereocenters. The number of aromatic nitrogens is 3. The van der Waals surface area contributed by atoms with Crippen LogP contribution in [0, 0.1) is 0 Å². The molecule has 2 N–H and O–H groups in total. The number of rotatable bonds is 5. The lowest BCUT2D eigenvalue weighted by Gasteiger charge is -2.24. The zero-order chi connectivity index (χ0) is 17.9. The Balaban J connectivity index is 1.80. The normalized spacial score (nSPS) is 15.3. The van der Waals surface area contributed by atoms with Crippen LogP contribution in [0.15, 0.2) is 36.8 Å². The van der Waals surface area contributed by atoms with Crippen LogP contribution in [0.3, 0.4) is 0 Å². The Hall–Kier alpha value is -2.60. The molecule has 2 heterocycles. The zero-order valence-electron chi connectivity index (χ0n) is 15.0. The highest BCUT2D eigenvalue weighted by Crippen LogP contribution is 2.33. The molecule has 0 aliphatic heterocycles. The van der Waals surface area contributed by atoms with E-state index in [1.54, 1.807) is 19.5 Å². The molecule has 3 aromatic rings. The van der Waals surface area contributed by atoms with Gasteiger partial charge in [-0.15, -0.1) is 0 Å². The van der Waals surface area contributed by atoms with E-state index >= 15 is 0 Å². The minimum Gasteiger partial charge on any atom is -0.496 e. The van der Waals surface area contributed by atoms with Gasteiger partial charge in [0.25, 0.3) is 0 Å². The molecular formula is C20H24N4O2. The van der Waals surface area contributed by atoms with E-state index in [1.165, 1.54) is 32.1 Å². The number of methoxy groups -OCH3 is 1. The molecule has 26 heavy (non-hydrogen) atoms. The topological polar surface area (TPSA) is 71.7 Å². The van der Waals surface area contributed by atoms with Gasteiger partial charge in [0, 0.05) is 29.6 Å². The standard InChI is InChI=1S/C20H24N4O2/c1-26-17-8-7-14(11-15(17)13-25)19-20(22-16-5-3-2-4-6-16)24-10-9-21-12-18(24)23-19/h7-12,16,22,25H,2-6,13H2,1H3. The predicted octanol–water partition coefficient (Wildman–Crippen LogP) is 3.64. The highest BCUT2D eigenvalue weighted by molar-refractivity contribution is 5.77. The lowest BCUT2D eigenvalue weighted by atomic mass is 9.95. The van der Waals surface area contributed by atoms with Crippen molar-refractivity contribution in [1.29, 1.82) is 0 Å². The van der Waals surface area contributed by atoms with Gasteiger partial charge in [-0.1, -0.05) is 19.3 Å². The van der Waals surface area contributed by atoms with Gasteiger partial charge in [-0.2, -0.15) is 0 Å². The number of fused-ring (bicyclic) bond motifs is 1. The van der Waals surface area contributed by atoms with Gasteiger partial charge >= 0.3 is 0 Å². The van der Waals surface area contributed by atoms with Crippen molar-refractivity contribution >= 4 is 11.5 Å². The Morgan fingerprint density at radius 3 is 2.88 bits per heavy atom. The highest BCUT2D eigenvalue weighted by Gasteiger charge is 2.20. The summed E-state index contributed by atoms with van der Waals surface area (Å²) in [5.74, 6) is 1.67. The van der Waals surface area contributed by atoms with Crippen molar-refractivity contribution in [2.45, 2.75) is 44.8 Å². The molecule has 1 fully saturated rings. The van der Waals surface area contributed by atoms with Crippen molar-refractivity contribution in [1.82, 2.24) is 14.4 Å². The van der Waals surface area contributed by atoms with E-state index in [0.717, 1.165) is 28.3 Å². The molecule has 6 heteroatoms. The van der Waals surface area contributed by atoms with Gasteiger partial charge in [0.15, 0.2) is 5.65 Å². The van der Waals surface area contributed by atoms with E-state index in [4.69, 9.17) is 9.72 Å². The van der Waals surface area contributed by atoms with Crippen LogP contribution >= 0.6 is 0 Å². The molecule has 0 amide bonds. The summed E-state index contributed by atoms with van der Waals surface area (Å²) in [6.45, 7) is -0.0721. The molecule has 0 bridgehead atoms. The van der Waals surface area contributed by atoms with Gasteiger partial charge in [-0.25, -0.2) is 4.98 Å². The highest BCUT2D eigenvalue weighted by atomic mass is 16.5. The van der Waals surface area contributed by atoms with Gasteiger partial charge < -0.3 is 15.2 Å². The first kappa shape index (κ1) is 16.8. The van der Waals surface area contributed by atoms with Crippen LogP contribution in [0.25, 0.3) is 16.9 Å². The first-order valence-corrected chi connectivity index (χ1v) is 9.17. The second-order valence-electron chi connectivity index (χ2n) is 6.78. The SMILES string of the molecule is COc1ccc(-c2nc3cnccn3c2NC2CCCCC2)cc1CO.